The smallest absolute Gasteiger partial charge is 0.273 e. The van der Waals surface area contributed by atoms with Crippen LogP contribution in [0.3, 0.4) is 0 Å². The van der Waals surface area contributed by atoms with E-state index in [1.807, 2.05) is 6.92 Å². The Labute approximate surface area is 107 Å². The Kier molecular flexibility index (Phi) is 3.65. The van der Waals surface area contributed by atoms with Crippen LogP contribution in [0.5, 0.6) is 0 Å². The van der Waals surface area contributed by atoms with Crippen molar-refractivity contribution < 1.29 is 4.79 Å². The molecular formula is C12H21N5O. The van der Waals surface area contributed by atoms with Gasteiger partial charge in [-0.3, -0.25) is 4.79 Å². The van der Waals surface area contributed by atoms with E-state index in [0.29, 0.717) is 11.7 Å². The van der Waals surface area contributed by atoms with Crippen LogP contribution in [-0.4, -0.2) is 39.5 Å². The van der Waals surface area contributed by atoms with Crippen molar-refractivity contribution in [1.29, 1.82) is 0 Å². The molecule has 1 aliphatic rings. The van der Waals surface area contributed by atoms with Crippen molar-refractivity contribution in [2.24, 2.45) is 0 Å². The van der Waals surface area contributed by atoms with Gasteiger partial charge in [0, 0.05) is 18.6 Å². The fourth-order valence-corrected chi connectivity index (χ4v) is 1.78. The first-order valence-corrected chi connectivity index (χ1v) is 6.53. The topological polar surface area (TPSA) is 71.8 Å². The number of carbonyl (C=O) groups is 1. The summed E-state index contributed by atoms with van der Waals surface area (Å²) in [7, 11) is 0. The molecule has 1 aromatic rings. The van der Waals surface area contributed by atoms with E-state index in [1.54, 1.807) is 10.9 Å². The third-order valence-electron chi connectivity index (χ3n) is 3.85. The predicted molar refractivity (Wildman–Crippen MR) is 68.4 cm³/mol. The maximum absolute atomic E-state index is 12.1. The molecule has 0 spiro atoms. The Morgan fingerprint density at radius 2 is 2.22 bits per heavy atom. The van der Waals surface area contributed by atoms with Crippen molar-refractivity contribution in [1.82, 2.24) is 25.6 Å². The lowest BCUT2D eigenvalue weighted by Crippen LogP contribution is -2.45. The van der Waals surface area contributed by atoms with E-state index in [9.17, 15) is 4.79 Å². The van der Waals surface area contributed by atoms with Gasteiger partial charge in [-0.1, -0.05) is 19.1 Å². The monoisotopic (exact) mass is 251 g/mol. The van der Waals surface area contributed by atoms with Gasteiger partial charge in [-0.25, -0.2) is 4.68 Å². The van der Waals surface area contributed by atoms with Gasteiger partial charge in [-0.2, -0.15) is 0 Å². The van der Waals surface area contributed by atoms with E-state index in [1.165, 1.54) is 0 Å². The summed E-state index contributed by atoms with van der Waals surface area (Å²) in [5, 5.41) is 14.1. The van der Waals surface area contributed by atoms with Gasteiger partial charge in [0.15, 0.2) is 5.69 Å². The maximum atomic E-state index is 12.1. The number of rotatable bonds is 5. The number of carbonyl (C=O) groups excluding carboxylic acids is 1. The van der Waals surface area contributed by atoms with Gasteiger partial charge in [-0.05, 0) is 19.8 Å². The van der Waals surface area contributed by atoms with Gasteiger partial charge in [0.1, 0.15) is 0 Å². The van der Waals surface area contributed by atoms with Gasteiger partial charge in [0.2, 0.25) is 0 Å². The van der Waals surface area contributed by atoms with Crippen molar-refractivity contribution >= 4 is 5.91 Å². The molecule has 1 saturated heterocycles. The molecule has 2 N–H and O–H groups in total. The van der Waals surface area contributed by atoms with E-state index in [2.05, 4.69) is 34.8 Å². The second-order valence-corrected chi connectivity index (χ2v) is 5.12. The Morgan fingerprint density at radius 1 is 1.56 bits per heavy atom. The lowest BCUT2D eigenvalue weighted by molar-refractivity contribution is 0.0895. The van der Waals surface area contributed by atoms with Gasteiger partial charge in [0.25, 0.3) is 5.91 Å². The summed E-state index contributed by atoms with van der Waals surface area (Å²) in [4.78, 5) is 12.1. The van der Waals surface area contributed by atoms with Crippen LogP contribution in [0.4, 0.5) is 0 Å². The average Bonchev–Trinajstić information content (AvgIpc) is 2.76. The summed E-state index contributed by atoms with van der Waals surface area (Å²) in [5.74, 6) is -0.139. The quantitative estimate of drug-likeness (QED) is 0.809. The molecule has 100 valence electrons. The van der Waals surface area contributed by atoms with Crippen LogP contribution in [0.15, 0.2) is 6.20 Å². The van der Waals surface area contributed by atoms with Gasteiger partial charge >= 0.3 is 0 Å². The first kappa shape index (κ1) is 13.0. The lowest BCUT2D eigenvalue weighted by atomic mass is 9.95. The molecule has 1 amide bonds. The molecule has 0 saturated carbocycles. The zero-order valence-corrected chi connectivity index (χ0v) is 11.2. The minimum Gasteiger partial charge on any atom is -0.345 e. The fraction of sp³-hybridized carbons (Fsp3) is 0.750. The van der Waals surface area contributed by atoms with Crippen molar-refractivity contribution in [3.05, 3.63) is 11.9 Å². The molecule has 0 atom stereocenters. The predicted octanol–water partition coefficient (Wildman–Crippen LogP) is 0.731. The van der Waals surface area contributed by atoms with E-state index in [0.717, 1.165) is 25.9 Å². The van der Waals surface area contributed by atoms with E-state index < -0.39 is 0 Å². The highest BCUT2D eigenvalue weighted by Crippen LogP contribution is 2.15. The lowest BCUT2D eigenvalue weighted by Gasteiger charge is -2.27. The fourth-order valence-electron chi connectivity index (χ4n) is 1.78. The normalized spacial score (nSPS) is 16.4. The van der Waals surface area contributed by atoms with Crippen molar-refractivity contribution in [2.45, 2.75) is 45.2 Å². The summed E-state index contributed by atoms with van der Waals surface area (Å²) in [6.07, 6.45) is 3.53. The second-order valence-electron chi connectivity index (χ2n) is 5.12. The number of aromatic nitrogens is 3. The van der Waals surface area contributed by atoms with Crippen LogP contribution in [0.25, 0.3) is 0 Å². The van der Waals surface area contributed by atoms with Gasteiger partial charge in [-0.15, -0.1) is 5.10 Å². The molecule has 0 bridgehead atoms. The van der Waals surface area contributed by atoms with Crippen molar-refractivity contribution in [3.8, 4) is 0 Å². The molecule has 0 aromatic carbocycles. The minimum atomic E-state index is -0.168. The zero-order chi connectivity index (χ0) is 13.2. The van der Waals surface area contributed by atoms with Crippen LogP contribution in [0.1, 0.15) is 50.1 Å². The third kappa shape index (κ3) is 2.53. The number of nitrogens with one attached hydrogen (secondary N) is 2. The number of hydrogen-bond donors (Lipinski definition) is 2. The molecule has 0 aliphatic carbocycles. The van der Waals surface area contributed by atoms with Crippen LogP contribution in [-0.2, 0) is 0 Å². The molecule has 0 unspecified atom stereocenters. The highest BCUT2D eigenvalue weighted by molar-refractivity contribution is 5.92. The van der Waals surface area contributed by atoms with Crippen molar-refractivity contribution in [3.63, 3.8) is 0 Å². The van der Waals surface area contributed by atoms with E-state index in [4.69, 9.17) is 0 Å². The average molecular weight is 251 g/mol. The SMILES string of the molecule is CCC(C)(CC)NC(=O)c1cn(C2CNC2)nn1. The highest BCUT2D eigenvalue weighted by atomic mass is 16.2. The summed E-state index contributed by atoms with van der Waals surface area (Å²) in [5.41, 5.74) is 0.230. The Morgan fingerprint density at radius 3 is 2.72 bits per heavy atom. The number of nitrogens with zero attached hydrogens (tertiary/aromatic N) is 3. The molecule has 1 aliphatic heterocycles. The van der Waals surface area contributed by atoms with E-state index in [-0.39, 0.29) is 11.4 Å². The van der Waals surface area contributed by atoms with Gasteiger partial charge < -0.3 is 10.6 Å². The van der Waals surface area contributed by atoms with Crippen LogP contribution >= 0.6 is 0 Å². The third-order valence-corrected chi connectivity index (χ3v) is 3.85. The standard InChI is InChI=1S/C12H21N5O/c1-4-12(3,5-2)14-11(18)10-8-17(16-15-10)9-6-13-7-9/h8-9,13H,4-7H2,1-3H3,(H,14,18). The second kappa shape index (κ2) is 5.06. The Hall–Kier alpha value is -1.43. The summed E-state index contributed by atoms with van der Waals surface area (Å²) >= 11 is 0. The molecule has 2 heterocycles. The molecule has 6 heteroatoms. The first-order chi connectivity index (χ1) is 8.58. The largest absolute Gasteiger partial charge is 0.345 e. The first-order valence-electron chi connectivity index (χ1n) is 6.53. The number of amides is 1. The maximum Gasteiger partial charge on any atom is 0.273 e. The molecule has 18 heavy (non-hydrogen) atoms. The molecule has 6 nitrogen and oxygen atoms in total. The summed E-state index contributed by atoms with van der Waals surface area (Å²) in [6, 6.07) is 0.336. The molecular weight excluding hydrogens is 230 g/mol. The Balaban J connectivity index is 2.02. The van der Waals surface area contributed by atoms with Crippen LogP contribution < -0.4 is 10.6 Å². The highest BCUT2D eigenvalue weighted by Gasteiger charge is 2.25. The summed E-state index contributed by atoms with van der Waals surface area (Å²) in [6.45, 7) is 7.98. The van der Waals surface area contributed by atoms with Crippen LogP contribution in [0.2, 0.25) is 0 Å². The number of hydrogen-bond acceptors (Lipinski definition) is 4. The van der Waals surface area contributed by atoms with Crippen LogP contribution in [0, 0.1) is 0 Å². The van der Waals surface area contributed by atoms with E-state index >= 15 is 0 Å². The zero-order valence-electron chi connectivity index (χ0n) is 11.2. The van der Waals surface area contributed by atoms with Gasteiger partial charge in [0.05, 0.1) is 12.2 Å². The Bertz CT molecular complexity index is 420. The minimum absolute atomic E-state index is 0.139. The molecule has 1 fully saturated rings. The summed E-state index contributed by atoms with van der Waals surface area (Å²) < 4.78 is 1.76. The molecule has 0 radical (unpaired) electrons. The molecule has 1 aromatic heterocycles. The van der Waals surface area contributed by atoms with Crippen molar-refractivity contribution in [2.75, 3.05) is 13.1 Å². The molecule has 2 rings (SSSR count).